The number of hydrogen-bond donors (Lipinski definition) is 1. The molecule has 31 heavy (non-hydrogen) atoms. The van der Waals surface area contributed by atoms with Gasteiger partial charge in [0.2, 0.25) is 0 Å². The van der Waals surface area contributed by atoms with Crippen molar-refractivity contribution in [2.45, 2.75) is 45.8 Å². The number of benzene rings is 2. The molecule has 0 saturated heterocycles. The van der Waals surface area contributed by atoms with Crippen LogP contribution in [0.2, 0.25) is 0 Å². The second-order valence-corrected chi connectivity index (χ2v) is 7.34. The standard InChI is InChI=1S/C24H25NO6/c1-4-17-13-21(26)31-22-14(2)20(11-10-18(17)22)30-15(3)23(27)25-19(24(28)29)12-16-8-6-5-7-9-16/h5-11,13,15,19H,4,12H2,1-3H3,(H,25,27)(H,28,29)/p-1/t15-,19+/m1/s1. The fraction of sp³-hybridized carbons (Fsp3) is 0.292. The van der Waals surface area contributed by atoms with Crippen molar-refractivity contribution < 1.29 is 23.8 Å². The molecule has 1 heterocycles. The number of hydrogen-bond acceptors (Lipinski definition) is 6. The lowest BCUT2D eigenvalue weighted by Gasteiger charge is -2.23. The van der Waals surface area contributed by atoms with E-state index in [1.54, 1.807) is 43.3 Å². The molecule has 0 fully saturated rings. The van der Waals surface area contributed by atoms with Gasteiger partial charge >= 0.3 is 5.63 Å². The first-order valence-electron chi connectivity index (χ1n) is 10.1. The second kappa shape index (κ2) is 9.47. The number of aryl methyl sites for hydroxylation is 2. The zero-order valence-electron chi connectivity index (χ0n) is 17.6. The minimum absolute atomic E-state index is 0.0988. The van der Waals surface area contributed by atoms with Crippen molar-refractivity contribution in [2.24, 2.45) is 0 Å². The number of carboxylic acids is 1. The highest BCUT2D eigenvalue weighted by Crippen LogP contribution is 2.29. The van der Waals surface area contributed by atoms with Gasteiger partial charge in [-0.05, 0) is 49.9 Å². The molecule has 162 valence electrons. The summed E-state index contributed by atoms with van der Waals surface area (Å²) < 4.78 is 11.1. The summed E-state index contributed by atoms with van der Waals surface area (Å²) in [7, 11) is 0. The third-order valence-electron chi connectivity index (χ3n) is 5.13. The second-order valence-electron chi connectivity index (χ2n) is 7.34. The highest BCUT2D eigenvalue weighted by molar-refractivity contribution is 5.87. The van der Waals surface area contributed by atoms with Crippen molar-refractivity contribution in [1.82, 2.24) is 5.32 Å². The van der Waals surface area contributed by atoms with Crippen LogP contribution in [0, 0.1) is 6.92 Å². The zero-order chi connectivity index (χ0) is 22.5. The fourth-order valence-electron chi connectivity index (χ4n) is 3.40. The SMILES string of the molecule is CCc1cc(=O)oc2c(C)c(O[C@H](C)C(=O)N[C@@H](Cc3ccccc3)C(=O)[O-])ccc12. The fourth-order valence-corrected chi connectivity index (χ4v) is 3.40. The van der Waals surface area contributed by atoms with E-state index in [0.29, 0.717) is 23.3 Å². The van der Waals surface area contributed by atoms with Crippen molar-refractivity contribution in [1.29, 1.82) is 0 Å². The van der Waals surface area contributed by atoms with Crippen LogP contribution in [0.25, 0.3) is 11.0 Å². The zero-order valence-corrected chi connectivity index (χ0v) is 17.6. The Morgan fingerprint density at radius 3 is 2.52 bits per heavy atom. The van der Waals surface area contributed by atoms with Crippen LogP contribution in [-0.4, -0.2) is 24.0 Å². The van der Waals surface area contributed by atoms with E-state index in [2.05, 4.69) is 5.32 Å². The van der Waals surface area contributed by atoms with Gasteiger partial charge in [0.15, 0.2) is 6.10 Å². The number of carboxylic acid groups (broad SMARTS) is 1. The minimum atomic E-state index is -1.37. The summed E-state index contributed by atoms with van der Waals surface area (Å²) in [6, 6.07) is 12.7. The van der Waals surface area contributed by atoms with Gasteiger partial charge in [-0.3, -0.25) is 4.79 Å². The van der Waals surface area contributed by atoms with Gasteiger partial charge in [-0.15, -0.1) is 0 Å². The lowest BCUT2D eigenvalue weighted by Crippen LogP contribution is -2.52. The van der Waals surface area contributed by atoms with Gasteiger partial charge in [-0.1, -0.05) is 37.3 Å². The summed E-state index contributed by atoms with van der Waals surface area (Å²) in [5.74, 6) is -1.59. The molecule has 3 rings (SSSR count). The number of rotatable bonds is 8. The largest absolute Gasteiger partial charge is 0.548 e. The van der Waals surface area contributed by atoms with Crippen LogP contribution in [0.15, 0.2) is 57.7 Å². The Balaban J connectivity index is 1.77. The molecule has 3 aromatic rings. The summed E-state index contributed by atoms with van der Waals surface area (Å²) in [4.78, 5) is 35.9. The quantitative estimate of drug-likeness (QED) is 0.556. The van der Waals surface area contributed by atoms with Crippen LogP contribution in [-0.2, 0) is 22.4 Å². The van der Waals surface area contributed by atoms with E-state index >= 15 is 0 Å². The maximum absolute atomic E-state index is 12.6. The molecule has 0 bridgehead atoms. The van der Waals surface area contributed by atoms with E-state index in [4.69, 9.17) is 9.15 Å². The lowest BCUT2D eigenvalue weighted by molar-refractivity contribution is -0.308. The molecule has 0 aliphatic rings. The highest BCUT2D eigenvalue weighted by Gasteiger charge is 2.22. The first-order valence-corrected chi connectivity index (χ1v) is 10.1. The van der Waals surface area contributed by atoms with E-state index in [0.717, 1.165) is 16.5 Å². The van der Waals surface area contributed by atoms with Crippen LogP contribution in [0.1, 0.15) is 30.5 Å². The molecule has 1 aromatic heterocycles. The van der Waals surface area contributed by atoms with E-state index in [-0.39, 0.29) is 6.42 Å². The Hall–Kier alpha value is -3.61. The van der Waals surface area contributed by atoms with Crippen molar-refractivity contribution in [3.05, 3.63) is 75.6 Å². The minimum Gasteiger partial charge on any atom is -0.548 e. The summed E-state index contributed by atoms with van der Waals surface area (Å²) in [6.07, 6.45) is -0.205. The van der Waals surface area contributed by atoms with Crippen LogP contribution in [0.4, 0.5) is 0 Å². The van der Waals surface area contributed by atoms with Crippen molar-refractivity contribution in [2.75, 3.05) is 0 Å². The van der Waals surface area contributed by atoms with Crippen LogP contribution >= 0.6 is 0 Å². The molecule has 0 aliphatic heterocycles. The number of ether oxygens (including phenoxy) is 1. The lowest BCUT2D eigenvalue weighted by atomic mass is 10.0. The van der Waals surface area contributed by atoms with Crippen LogP contribution in [0.3, 0.4) is 0 Å². The van der Waals surface area contributed by atoms with E-state index in [9.17, 15) is 19.5 Å². The Bertz CT molecular complexity index is 1150. The van der Waals surface area contributed by atoms with Crippen molar-refractivity contribution in [3.8, 4) is 5.75 Å². The third-order valence-corrected chi connectivity index (χ3v) is 5.13. The summed E-state index contributed by atoms with van der Waals surface area (Å²) in [5.41, 5.74) is 2.17. The first kappa shape index (κ1) is 22.1. The molecule has 0 radical (unpaired) electrons. The molecule has 7 heteroatoms. The predicted molar refractivity (Wildman–Crippen MR) is 114 cm³/mol. The number of amides is 1. The topological polar surface area (TPSA) is 109 Å². The number of carbonyl (C=O) groups excluding carboxylic acids is 2. The van der Waals surface area contributed by atoms with E-state index in [1.165, 1.54) is 13.0 Å². The molecule has 7 nitrogen and oxygen atoms in total. The molecule has 0 saturated carbocycles. The van der Waals surface area contributed by atoms with Gasteiger partial charge in [-0.25, -0.2) is 4.79 Å². The molecule has 0 spiro atoms. The van der Waals surface area contributed by atoms with Crippen molar-refractivity contribution in [3.63, 3.8) is 0 Å². The number of carbonyl (C=O) groups is 2. The van der Waals surface area contributed by atoms with Gasteiger partial charge in [0.25, 0.3) is 5.91 Å². The maximum Gasteiger partial charge on any atom is 0.336 e. The molecule has 2 atom stereocenters. The molecule has 1 amide bonds. The molecule has 1 N–H and O–H groups in total. The first-order chi connectivity index (χ1) is 14.8. The number of fused-ring (bicyclic) bond motifs is 1. The van der Waals surface area contributed by atoms with E-state index in [1.807, 2.05) is 13.0 Å². The van der Waals surface area contributed by atoms with Gasteiger partial charge in [0.05, 0.1) is 12.0 Å². The Kier molecular flexibility index (Phi) is 6.74. The van der Waals surface area contributed by atoms with Gasteiger partial charge in [0, 0.05) is 17.0 Å². The molecular weight excluding hydrogens is 398 g/mol. The highest BCUT2D eigenvalue weighted by atomic mass is 16.5. The average Bonchev–Trinajstić information content (AvgIpc) is 2.75. The van der Waals surface area contributed by atoms with Gasteiger partial charge in [-0.2, -0.15) is 0 Å². The molecule has 2 aromatic carbocycles. The smallest absolute Gasteiger partial charge is 0.336 e. The number of aliphatic carboxylic acids is 1. The molecule has 0 aliphatic carbocycles. The van der Waals surface area contributed by atoms with Gasteiger partial charge in [0.1, 0.15) is 11.3 Å². The predicted octanol–water partition coefficient (Wildman–Crippen LogP) is 1.91. The summed E-state index contributed by atoms with van der Waals surface area (Å²) in [6.45, 7) is 5.21. The third kappa shape index (κ3) is 5.12. The number of nitrogens with one attached hydrogen (secondary N) is 1. The molecular formula is C24H24NO6-. The Morgan fingerprint density at radius 1 is 1.16 bits per heavy atom. The van der Waals surface area contributed by atoms with Gasteiger partial charge < -0.3 is 24.4 Å². The Labute approximate surface area is 179 Å². The van der Waals surface area contributed by atoms with Crippen molar-refractivity contribution >= 4 is 22.8 Å². The normalized spacial score (nSPS) is 12.9. The molecule has 0 unspecified atom stereocenters. The Morgan fingerprint density at radius 2 is 1.87 bits per heavy atom. The van der Waals surface area contributed by atoms with Crippen LogP contribution in [0.5, 0.6) is 5.75 Å². The summed E-state index contributed by atoms with van der Waals surface area (Å²) in [5, 5.41) is 14.8. The monoisotopic (exact) mass is 422 g/mol. The van der Waals surface area contributed by atoms with E-state index < -0.39 is 29.6 Å². The maximum atomic E-state index is 12.6. The summed E-state index contributed by atoms with van der Waals surface area (Å²) >= 11 is 0. The van der Waals surface area contributed by atoms with Crippen LogP contribution < -0.4 is 20.8 Å². The average molecular weight is 422 g/mol.